The van der Waals surface area contributed by atoms with Gasteiger partial charge in [-0.3, -0.25) is 10.1 Å². The van der Waals surface area contributed by atoms with Gasteiger partial charge in [0.15, 0.2) is 5.82 Å². The average molecular weight is 395 g/mol. The van der Waals surface area contributed by atoms with Gasteiger partial charge in [0.25, 0.3) is 5.69 Å². The van der Waals surface area contributed by atoms with Crippen LogP contribution in [0.25, 0.3) is 11.4 Å². The molecule has 2 aromatic carbocycles. The highest BCUT2D eigenvalue weighted by Gasteiger charge is 2.21. The number of nitro groups is 1. The van der Waals surface area contributed by atoms with Crippen LogP contribution in [0.5, 0.6) is 0 Å². The van der Waals surface area contributed by atoms with Crippen LogP contribution in [0.15, 0.2) is 64.5 Å². The molecule has 0 aliphatic heterocycles. The largest absolute Gasteiger partial charge is 0.462 e. The first-order chi connectivity index (χ1) is 13.5. The van der Waals surface area contributed by atoms with Crippen molar-refractivity contribution in [1.29, 1.82) is 0 Å². The molecule has 7 nitrogen and oxygen atoms in total. The first kappa shape index (κ1) is 19.5. The van der Waals surface area contributed by atoms with Gasteiger partial charge in [-0.2, -0.15) is 0 Å². The average Bonchev–Trinajstić information content (AvgIpc) is 2.69. The Labute approximate surface area is 165 Å². The Morgan fingerprint density at radius 2 is 1.79 bits per heavy atom. The molecule has 0 atom stereocenters. The predicted molar refractivity (Wildman–Crippen MR) is 105 cm³/mol. The Bertz CT molecular complexity index is 1010. The van der Waals surface area contributed by atoms with E-state index in [1.54, 1.807) is 26.0 Å². The van der Waals surface area contributed by atoms with Crippen molar-refractivity contribution < 1.29 is 14.5 Å². The summed E-state index contributed by atoms with van der Waals surface area (Å²) in [5.74, 6) is -0.000386. The van der Waals surface area contributed by atoms with Gasteiger partial charge in [-0.1, -0.05) is 42.1 Å². The van der Waals surface area contributed by atoms with E-state index in [0.717, 1.165) is 5.56 Å². The summed E-state index contributed by atoms with van der Waals surface area (Å²) in [7, 11) is 0. The second-order valence-electron chi connectivity index (χ2n) is 5.75. The van der Waals surface area contributed by atoms with Gasteiger partial charge in [0.05, 0.1) is 17.2 Å². The van der Waals surface area contributed by atoms with Crippen molar-refractivity contribution in [3.63, 3.8) is 0 Å². The fraction of sp³-hybridized carbons (Fsp3) is 0.150. The third kappa shape index (κ3) is 4.34. The first-order valence-electron chi connectivity index (χ1n) is 8.53. The lowest BCUT2D eigenvalue weighted by atomic mass is 10.2. The summed E-state index contributed by atoms with van der Waals surface area (Å²) in [5, 5.41) is 11.3. The highest BCUT2D eigenvalue weighted by Crippen LogP contribution is 2.33. The lowest BCUT2D eigenvalue weighted by Crippen LogP contribution is -2.12. The monoisotopic (exact) mass is 395 g/mol. The number of nitrogens with zero attached hydrogens (tertiary/aromatic N) is 3. The molecule has 0 aliphatic carbocycles. The second kappa shape index (κ2) is 8.62. The van der Waals surface area contributed by atoms with Gasteiger partial charge in [-0.25, -0.2) is 14.8 Å². The van der Waals surface area contributed by atoms with E-state index in [1.807, 2.05) is 30.3 Å². The molecule has 3 aromatic rings. The van der Waals surface area contributed by atoms with Crippen molar-refractivity contribution in [2.45, 2.75) is 23.8 Å². The SMILES string of the molecule is CCOC(=O)c1c(C)nc(-c2ccccc2)nc1Sc1ccc([N+](=O)[O-])cc1. The summed E-state index contributed by atoms with van der Waals surface area (Å²) in [4.78, 5) is 32.6. The van der Waals surface area contributed by atoms with E-state index in [0.29, 0.717) is 27.0 Å². The molecule has 0 fully saturated rings. The molecule has 8 heteroatoms. The molecule has 142 valence electrons. The van der Waals surface area contributed by atoms with Crippen molar-refractivity contribution in [1.82, 2.24) is 9.97 Å². The van der Waals surface area contributed by atoms with Crippen molar-refractivity contribution in [3.8, 4) is 11.4 Å². The zero-order valence-electron chi connectivity index (χ0n) is 15.3. The second-order valence-corrected chi connectivity index (χ2v) is 6.81. The van der Waals surface area contributed by atoms with E-state index in [9.17, 15) is 14.9 Å². The minimum absolute atomic E-state index is 0.00110. The molecule has 0 saturated heterocycles. The van der Waals surface area contributed by atoms with Crippen LogP contribution in [0.3, 0.4) is 0 Å². The Morgan fingerprint density at radius 3 is 2.39 bits per heavy atom. The molecule has 0 saturated carbocycles. The van der Waals surface area contributed by atoms with Gasteiger partial charge < -0.3 is 4.74 Å². The van der Waals surface area contributed by atoms with Crippen molar-refractivity contribution in [2.24, 2.45) is 0 Å². The Morgan fingerprint density at radius 1 is 1.11 bits per heavy atom. The topological polar surface area (TPSA) is 95.2 Å². The zero-order valence-corrected chi connectivity index (χ0v) is 16.1. The lowest BCUT2D eigenvalue weighted by molar-refractivity contribution is -0.384. The number of carbonyl (C=O) groups excluding carboxylic acids is 1. The van der Waals surface area contributed by atoms with E-state index in [1.165, 1.54) is 23.9 Å². The number of carbonyl (C=O) groups is 1. The van der Waals surface area contributed by atoms with Gasteiger partial charge in [0, 0.05) is 22.6 Å². The number of rotatable bonds is 6. The number of esters is 1. The molecule has 0 spiro atoms. The predicted octanol–water partition coefficient (Wildman–Crippen LogP) is 4.69. The molecular formula is C20H17N3O4S. The number of ether oxygens (including phenoxy) is 1. The summed E-state index contributed by atoms with van der Waals surface area (Å²) in [5.41, 5.74) is 1.63. The Kier molecular flexibility index (Phi) is 6.00. The minimum atomic E-state index is -0.496. The zero-order chi connectivity index (χ0) is 20.1. The van der Waals surface area contributed by atoms with E-state index in [4.69, 9.17) is 4.74 Å². The fourth-order valence-corrected chi connectivity index (χ4v) is 3.48. The molecule has 3 rings (SSSR count). The number of aromatic nitrogens is 2. The van der Waals surface area contributed by atoms with Crippen molar-refractivity contribution in [2.75, 3.05) is 6.61 Å². The smallest absolute Gasteiger partial charge is 0.342 e. The fourth-order valence-electron chi connectivity index (χ4n) is 2.52. The van der Waals surface area contributed by atoms with Gasteiger partial charge in [-0.05, 0) is 26.0 Å². The van der Waals surface area contributed by atoms with E-state index < -0.39 is 10.9 Å². The van der Waals surface area contributed by atoms with Crippen LogP contribution in [0.4, 0.5) is 5.69 Å². The molecule has 0 amide bonds. The lowest BCUT2D eigenvalue weighted by Gasteiger charge is -2.12. The Balaban J connectivity index is 2.05. The highest BCUT2D eigenvalue weighted by molar-refractivity contribution is 7.99. The van der Waals surface area contributed by atoms with Crippen LogP contribution in [-0.2, 0) is 4.74 Å². The molecule has 0 aliphatic rings. The third-order valence-corrected chi connectivity index (χ3v) is 4.83. The highest BCUT2D eigenvalue weighted by atomic mass is 32.2. The van der Waals surface area contributed by atoms with Crippen molar-refractivity contribution in [3.05, 3.63) is 76.0 Å². The number of hydrogen-bond donors (Lipinski definition) is 0. The molecule has 1 aromatic heterocycles. The molecule has 0 radical (unpaired) electrons. The first-order valence-corrected chi connectivity index (χ1v) is 9.34. The minimum Gasteiger partial charge on any atom is -0.462 e. The van der Waals surface area contributed by atoms with Gasteiger partial charge in [0.1, 0.15) is 10.6 Å². The number of benzene rings is 2. The van der Waals surface area contributed by atoms with Gasteiger partial charge in [-0.15, -0.1) is 0 Å². The van der Waals surface area contributed by atoms with E-state index in [-0.39, 0.29) is 12.3 Å². The molecule has 0 unspecified atom stereocenters. The van der Waals surface area contributed by atoms with Crippen LogP contribution in [0, 0.1) is 17.0 Å². The van der Waals surface area contributed by atoms with Crippen LogP contribution in [0.1, 0.15) is 23.0 Å². The Hall–Kier alpha value is -3.26. The van der Waals surface area contributed by atoms with Crippen molar-refractivity contribution >= 4 is 23.4 Å². The molecule has 0 N–H and O–H groups in total. The normalized spacial score (nSPS) is 10.5. The standard InChI is InChI=1S/C20H17N3O4S/c1-3-27-20(24)17-13(2)21-18(14-7-5-4-6-8-14)22-19(17)28-16-11-9-15(10-12-16)23(25)26/h4-12H,3H2,1-2H3. The summed E-state index contributed by atoms with van der Waals surface area (Å²) in [6, 6.07) is 15.5. The van der Waals surface area contributed by atoms with Crippen LogP contribution in [0.2, 0.25) is 0 Å². The van der Waals surface area contributed by atoms with Gasteiger partial charge in [0.2, 0.25) is 0 Å². The molecular weight excluding hydrogens is 378 g/mol. The maximum atomic E-state index is 12.5. The van der Waals surface area contributed by atoms with Crippen LogP contribution in [-0.4, -0.2) is 27.5 Å². The summed E-state index contributed by atoms with van der Waals surface area (Å²) in [6.07, 6.45) is 0. The summed E-state index contributed by atoms with van der Waals surface area (Å²) in [6.45, 7) is 3.70. The van der Waals surface area contributed by atoms with Crippen LogP contribution < -0.4 is 0 Å². The number of nitro benzene ring substituents is 1. The number of hydrogen-bond acceptors (Lipinski definition) is 7. The van der Waals surface area contributed by atoms with E-state index in [2.05, 4.69) is 9.97 Å². The number of aryl methyl sites for hydroxylation is 1. The maximum Gasteiger partial charge on any atom is 0.342 e. The van der Waals surface area contributed by atoms with Crippen LogP contribution >= 0.6 is 11.8 Å². The van der Waals surface area contributed by atoms with E-state index >= 15 is 0 Å². The summed E-state index contributed by atoms with van der Waals surface area (Å²) >= 11 is 1.24. The third-order valence-electron chi connectivity index (χ3n) is 3.83. The quantitative estimate of drug-likeness (QED) is 0.259. The molecule has 1 heterocycles. The molecule has 0 bridgehead atoms. The maximum absolute atomic E-state index is 12.5. The molecule has 28 heavy (non-hydrogen) atoms. The number of non-ortho nitro benzene ring substituents is 1. The summed E-state index contributed by atoms with van der Waals surface area (Å²) < 4.78 is 5.16. The van der Waals surface area contributed by atoms with Gasteiger partial charge >= 0.3 is 5.97 Å².